The summed E-state index contributed by atoms with van der Waals surface area (Å²) in [4.78, 5) is 30.1. The summed E-state index contributed by atoms with van der Waals surface area (Å²) >= 11 is 0. The van der Waals surface area contributed by atoms with Crippen molar-refractivity contribution in [3.8, 4) is 0 Å². The third kappa shape index (κ3) is 8.04. The molecular weight excluding hydrogens is 469 g/mol. The molecule has 4 N–H and O–H groups in total. The van der Waals surface area contributed by atoms with Crippen LogP contribution in [0.5, 0.6) is 0 Å². The fourth-order valence-electron chi connectivity index (χ4n) is 3.35. The summed E-state index contributed by atoms with van der Waals surface area (Å²) in [6, 6.07) is 7.83. The molecular formula is C20H32IN5O2. The summed E-state index contributed by atoms with van der Waals surface area (Å²) in [5, 5.41) is 6.14. The number of carbonyl (C=O) groups excluding carboxylic acids is 2. The number of nitrogens with one attached hydrogen (secondary N) is 2. The van der Waals surface area contributed by atoms with Crippen molar-refractivity contribution in [2.75, 3.05) is 31.5 Å². The molecule has 2 rings (SSSR count). The molecule has 0 spiro atoms. The lowest BCUT2D eigenvalue weighted by Crippen LogP contribution is -2.47. The van der Waals surface area contributed by atoms with Gasteiger partial charge in [-0.15, -0.1) is 24.0 Å². The molecule has 0 saturated carbocycles. The first-order chi connectivity index (χ1) is 13.0. The second-order valence-electron chi connectivity index (χ2n) is 6.90. The van der Waals surface area contributed by atoms with E-state index in [1.54, 1.807) is 0 Å². The largest absolute Gasteiger partial charge is 0.370 e. The third-order valence-electron chi connectivity index (χ3n) is 4.63. The second kappa shape index (κ2) is 12.6. The number of piperidine rings is 1. The molecule has 1 atom stereocenters. The van der Waals surface area contributed by atoms with Gasteiger partial charge in [-0.05, 0) is 49.8 Å². The molecule has 28 heavy (non-hydrogen) atoms. The number of rotatable bonds is 7. The van der Waals surface area contributed by atoms with Gasteiger partial charge in [0, 0.05) is 31.7 Å². The van der Waals surface area contributed by atoms with Crippen LogP contribution >= 0.6 is 24.0 Å². The molecule has 0 aromatic heterocycles. The Kier molecular flexibility index (Phi) is 10.9. The molecule has 0 aliphatic carbocycles. The Morgan fingerprint density at radius 2 is 2.11 bits per heavy atom. The van der Waals surface area contributed by atoms with Gasteiger partial charge in [0.1, 0.15) is 6.54 Å². The highest BCUT2D eigenvalue weighted by Gasteiger charge is 2.23. The Morgan fingerprint density at radius 1 is 1.32 bits per heavy atom. The Morgan fingerprint density at radius 3 is 2.79 bits per heavy atom. The lowest BCUT2D eigenvalue weighted by atomic mass is 9.95. The topological polar surface area (TPSA) is 99.8 Å². The molecule has 1 aliphatic rings. The number of benzene rings is 1. The lowest BCUT2D eigenvalue weighted by molar-refractivity contribution is -0.119. The maximum Gasteiger partial charge on any atom is 0.246 e. The van der Waals surface area contributed by atoms with Crippen LogP contribution in [0.1, 0.15) is 38.7 Å². The van der Waals surface area contributed by atoms with E-state index in [0.29, 0.717) is 12.4 Å². The van der Waals surface area contributed by atoms with Gasteiger partial charge in [-0.3, -0.25) is 9.59 Å². The molecule has 8 heteroatoms. The molecule has 1 fully saturated rings. The molecule has 1 aromatic carbocycles. The van der Waals surface area contributed by atoms with Crippen molar-refractivity contribution in [2.24, 2.45) is 16.6 Å². The van der Waals surface area contributed by atoms with Crippen LogP contribution in [0.25, 0.3) is 0 Å². The van der Waals surface area contributed by atoms with Gasteiger partial charge >= 0.3 is 0 Å². The molecule has 1 heterocycles. The second-order valence-corrected chi connectivity index (χ2v) is 6.90. The van der Waals surface area contributed by atoms with E-state index in [0.717, 1.165) is 44.6 Å². The zero-order valence-electron chi connectivity index (χ0n) is 16.7. The van der Waals surface area contributed by atoms with Crippen molar-refractivity contribution in [3.63, 3.8) is 0 Å². The van der Waals surface area contributed by atoms with Crippen LogP contribution in [0.3, 0.4) is 0 Å². The van der Waals surface area contributed by atoms with Crippen molar-refractivity contribution in [1.82, 2.24) is 10.2 Å². The van der Waals surface area contributed by atoms with Gasteiger partial charge in [-0.1, -0.05) is 19.1 Å². The van der Waals surface area contributed by atoms with Gasteiger partial charge in [0.15, 0.2) is 5.96 Å². The van der Waals surface area contributed by atoms with E-state index in [4.69, 9.17) is 5.73 Å². The molecule has 0 bridgehead atoms. The predicted molar refractivity (Wildman–Crippen MR) is 124 cm³/mol. The number of nitrogens with two attached hydrogens (primary N) is 1. The van der Waals surface area contributed by atoms with Gasteiger partial charge in [-0.25, -0.2) is 4.99 Å². The fourth-order valence-corrected chi connectivity index (χ4v) is 3.35. The minimum absolute atomic E-state index is 0. The normalized spacial score (nSPS) is 16.9. The minimum Gasteiger partial charge on any atom is -0.370 e. The number of guanidine groups is 1. The average Bonchev–Trinajstić information content (AvgIpc) is 2.65. The highest BCUT2D eigenvalue weighted by atomic mass is 127. The van der Waals surface area contributed by atoms with E-state index < -0.39 is 0 Å². The van der Waals surface area contributed by atoms with E-state index in [9.17, 15) is 9.59 Å². The number of anilines is 1. The maximum absolute atomic E-state index is 12.3. The Bertz CT molecular complexity index is 680. The number of aliphatic imine (C=N–C) groups is 1. The van der Waals surface area contributed by atoms with Gasteiger partial charge < -0.3 is 21.3 Å². The SMILES string of the molecule is CCNC(=NCC(=O)Nc1cccc(CC)c1)N1CCCC(CC(N)=O)C1.I. The minimum atomic E-state index is -0.266. The van der Waals surface area contributed by atoms with Crippen LogP contribution in [0.15, 0.2) is 29.3 Å². The smallest absolute Gasteiger partial charge is 0.246 e. The molecule has 1 aromatic rings. The van der Waals surface area contributed by atoms with Gasteiger partial charge in [-0.2, -0.15) is 0 Å². The molecule has 156 valence electrons. The van der Waals surface area contributed by atoms with Crippen molar-refractivity contribution in [2.45, 2.75) is 39.5 Å². The number of likely N-dealkylation sites (tertiary alicyclic amines) is 1. The third-order valence-corrected chi connectivity index (χ3v) is 4.63. The lowest BCUT2D eigenvalue weighted by Gasteiger charge is -2.34. The Balaban J connectivity index is 0.00000392. The summed E-state index contributed by atoms with van der Waals surface area (Å²) in [5.74, 6) is 0.539. The number of carbonyl (C=O) groups is 2. The molecule has 7 nitrogen and oxygen atoms in total. The molecule has 0 radical (unpaired) electrons. The number of aryl methyl sites for hydroxylation is 1. The number of nitrogens with zero attached hydrogens (tertiary/aromatic N) is 2. The van der Waals surface area contributed by atoms with Crippen LogP contribution in [0, 0.1) is 5.92 Å². The van der Waals surface area contributed by atoms with E-state index in [2.05, 4.69) is 27.4 Å². The quantitative estimate of drug-likeness (QED) is 0.304. The number of halogens is 1. The molecule has 1 unspecified atom stereocenters. The van der Waals surface area contributed by atoms with Crippen molar-refractivity contribution in [3.05, 3.63) is 29.8 Å². The monoisotopic (exact) mass is 501 g/mol. The fraction of sp³-hybridized carbons (Fsp3) is 0.550. The van der Waals surface area contributed by atoms with Gasteiger partial charge in [0.2, 0.25) is 11.8 Å². The van der Waals surface area contributed by atoms with Crippen LogP contribution in [-0.4, -0.2) is 48.9 Å². The predicted octanol–water partition coefficient (Wildman–Crippen LogP) is 2.36. The zero-order valence-corrected chi connectivity index (χ0v) is 19.1. The summed E-state index contributed by atoms with van der Waals surface area (Å²) in [6.07, 6.45) is 3.30. The summed E-state index contributed by atoms with van der Waals surface area (Å²) < 4.78 is 0. The summed E-state index contributed by atoms with van der Waals surface area (Å²) in [7, 11) is 0. The number of primary amides is 1. The molecule has 2 amide bonds. The number of hydrogen-bond donors (Lipinski definition) is 3. The van der Waals surface area contributed by atoms with Gasteiger partial charge in [0.25, 0.3) is 0 Å². The van der Waals surface area contributed by atoms with Gasteiger partial charge in [0.05, 0.1) is 0 Å². The van der Waals surface area contributed by atoms with Crippen molar-refractivity contribution >= 4 is 47.4 Å². The van der Waals surface area contributed by atoms with E-state index >= 15 is 0 Å². The van der Waals surface area contributed by atoms with E-state index in [1.807, 2.05) is 31.2 Å². The van der Waals surface area contributed by atoms with Crippen LogP contribution in [0.2, 0.25) is 0 Å². The van der Waals surface area contributed by atoms with Crippen LogP contribution in [-0.2, 0) is 16.0 Å². The Labute approximate surface area is 184 Å². The summed E-state index contributed by atoms with van der Waals surface area (Å²) in [6.45, 7) is 6.44. The first-order valence-electron chi connectivity index (χ1n) is 9.72. The van der Waals surface area contributed by atoms with E-state index in [-0.39, 0.29) is 48.3 Å². The maximum atomic E-state index is 12.3. The van der Waals surface area contributed by atoms with Crippen molar-refractivity contribution < 1.29 is 9.59 Å². The molecule has 1 aliphatic heterocycles. The molecule has 1 saturated heterocycles. The van der Waals surface area contributed by atoms with Crippen LogP contribution in [0.4, 0.5) is 5.69 Å². The standard InChI is InChI=1S/C20H31N5O2.HI/c1-3-15-7-5-9-17(11-15)24-19(27)13-23-20(22-4-2)25-10-6-8-16(14-25)12-18(21)26;/h5,7,9,11,16H,3-4,6,8,10,12-14H2,1-2H3,(H2,21,26)(H,22,23)(H,24,27);1H. The van der Waals surface area contributed by atoms with Crippen LogP contribution < -0.4 is 16.4 Å². The number of amides is 2. The average molecular weight is 501 g/mol. The zero-order chi connectivity index (χ0) is 19.6. The first-order valence-corrected chi connectivity index (χ1v) is 9.72. The highest BCUT2D eigenvalue weighted by Crippen LogP contribution is 2.19. The summed E-state index contributed by atoms with van der Waals surface area (Å²) in [5.41, 5.74) is 7.31. The Hall–Kier alpha value is -1.84. The first kappa shape index (κ1) is 24.2. The number of hydrogen-bond acceptors (Lipinski definition) is 3. The highest BCUT2D eigenvalue weighted by molar-refractivity contribution is 14.0. The van der Waals surface area contributed by atoms with Crippen molar-refractivity contribution in [1.29, 1.82) is 0 Å². The van der Waals surface area contributed by atoms with E-state index in [1.165, 1.54) is 5.56 Å².